The number of hydrogen-bond acceptors (Lipinski definition) is 5. The molecule has 2 aromatic carbocycles. The smallest absolute Gasteiger partial charge is 0.275 e. The number of hydrogen-bond donors (Lipinski definition) is 2. The number of benzene rings is 2. The van der Waals surface area contributed by atoms with E-state index in [-0.39, 0.29) is 32.0 Å². The molecule has 3 rings (SSSR count). The molecule has 0 spiro atoms. The first-order valence-electron chi connectivity index (χ1n) is 7.51. The molecule has 1 amide bonds. The van der Waals surface area contributed by atoms with Gasteiger partial charge in [0.05, 0.1) is 21.9 Å². The fourth-order valence-electron chi connectivity index (χ4n) is 2.14. The van der Waals surface area contributed by atoms with Crippen molar-refractivity contribution in [1.29, 1.82) is 0 Å². The topological polar surface area (TPSA) is 101 Å². The predicted molar refractivity (Wildman–Crippen MR) is 104 cm³/mol. The molecule has 0 saturated carbocycles. The van der Waals surface area contributed by atoms with E-state index >= 15 is 0 Å². The van der Waals surface area contributed by atoms with Crippen molar-refractivity contribution in [2.75, 3.05) is 10.0 Å². The summed E-state index contributed by atoms with van der Waals surface area (Å²) in [7, 11) is -4.04. The summed E-state index contributed by atoms with van der Waals surface area (Å²) in [5.41, 5.74) is 0.532. The maximum atomic E-state index is 12.7. The van der Waals surface area contributed by atoms with Crippen LogP contribution in [0.1, 0.15) is 10.5 Å². The minimum atomic E-state index is -4.04. The van der Waals surface area contributed by atoms with Crippen LogP contribution in [0, 0.1) is 0 Å². The lowest BCUT2D eigenvalue weighted by Gasteiger charge is -2.12. The first-order valence-corrected chi connectivity index (χ1v) is 9.75. The first-order chi connectivity index (χ1) is 12.9. The van der Waals surface area contributed by atoms with Gasteiger partial charge in [0.2, 0.25) is 0 Å². The van der Waals surface area contributed by atoms with Gasteiger partial charge in [0.1, 0.15) is 10.6 Å². The summed E-state index contributed by atoms with van der Waals surface area (Å²) in [6, 6.07) is 10.5. The van der Waals surface area contributed by atoms with Gasteiger partial charge < -0.3 is 5.32 Å². The van der Waals surface area contributed by atoms with Crippen molar-refractivity contribution in [3.8, 4) is 0 Å². The van der Waals surface area contributed by atoms with Crippen LogP contribution in [0.5, 0.6) is 0 Å². The van der Waals surface area contributed by atoms with Gasteiger partial charge >= 0.3 is 0 Å². The molecule has 0 radical (unpaired) electrons. The molecule has 138 valence electrons. The first kappa shape index (κ1) is 19.1. The van der Waals surface area contributed by atoms with Crippen molar-refractivity contribution < 1.29 is 13.2 Å². The van der Waals surface area contributed by atoms with E-state index in [9.17, 15) is 13.2 Å². The van der Waals surface area contributed by atoms with Crippen LogP contribution in [-0.2, 0) is 10.0 Å². The summed E-state index contributed by atoms with van der Waals surface area (Å²) >= 11 is 12.0. The number of halogens is 2. The lowest BCUT2D eigenvalue weighted by Crippen LogP contribution is -2.16. The van der Waals surface area contributed by atoms with Crippen LogP contribution in [-0.4, -0.2) is 24.3 Å². The summed E-state index contributed by atoms with van der Waals surface area (Å²) in [5.74, 6) is -0.534. The van der Waals surface area contributed by atoms with E-state index in [0.29, 0.717) is 0 Å². The van der Waals surface area contributed by atoms with Crippen LogP contribution in [0.15, 0.2) is 66.0 Å². The van der Waals surface area contributed by atoms with Crippen LogP contribution in [0.2, 0.25) is 10.0 Å². The number of nitrogens with zero attached hydrogens (tertiary/aromatic N) is 2. The van der Waals surface area contributed by atoms with Crippen LogP contribution in [0.4, 0.5) is 11.4 Å². The quantitative estimate of drug-likeness (QED) is 0.650. The molecule has 0 unspecified atom stereocenters. The van der Waals surface area contributed by atoms with Crippen LogP contribution < -0.4 is 10.0 Å². The summed E-state index contributed by atoms with van der Waals surface area (Å²) in [6.07, 6.45) is 4.10. The van der Waals surface area contributed by atoms with E-state index in [2.05, 4.69) is 20.0 Å². The second kappa shape index (κ2) is 7.91. The third-order valence-electron chi connectivity index (χ3n) is 3.39. The third-order valence-corrected chi connectivity index (χ3v) is 5.57. The molecule has 10 heteroatoms. The highest BCUT2D eigenvalue weighted by molar-refractivity contribution is 7.92. The van der Waals surface area contributed by atoms with Gasteiger partial charge in [0.15, 0.2) is 0 Å². The van der Waals surface area contributed by atoms with Crippen molar-refractivity contribution in [3.63, 3.8) is 0 Å². The molecular weight excluding hydrogens is 411 g/mol. The summed E-state index contributed by atoms with van der Waals surface area (Å²) in [4.78, 5) is 19.7. The van der Waals surface area contributed by atoms with Gasteiger partial charge in [0, 0.05) is 18.1 Å². The maximum absolute atomic E-state index is 12.7. The summed E-state index contributed by atoms with van der Waals surface area (Å²) in [6.45, 7) is 0. The van der Waals surface area contributed by atoms with Crippen LogP contribution in [0.25, 0.3) is 0 Å². The van der Waals surface area contributed by atoms with Gasteiger partial charge in [0.25, 0.3) is 15.9 Å². The van der Waals surface area contributed by atoms with E-state index in [1.807, 2.05) is 0 Å². The standard InChI is InChI=1S/C17H12Cl2N4O3S/c18-12-3-1-2-4-14(12)23-27(25,26)16-9-11(5-6-13(16)19)22-17(24)15-10-20-7-8-21-15/h1-10,23H,(H,22,24). The van der Waals surface area contributed by atoms with Gasteiger partial charge in [-0.2, -0.15) is 0 Å². The highest BCUT2D eigenvalue weighted by Crippen LogP contribution is 2.29. The van der Waals surface area contributed by atoms with Crippen LogP contribution in [0.3, 0.4) is 0 Å². The second-order valence-corrected chi connectivity index (χ2v) is 7.74. The number of amides is 1. The molecule has 0 saturated heterocycles. The Morgan fingerprint density at radius 1 is 1.00 bits per heavy atom. The fraction of sp³-hybridized carbons (Fsp3) is 0. The Bertz CT molecular complexity index is 1090. The average molecular weight is 423 g/mol. The predicted octanol–water partition coefficient (Wildman–Crippen LogP) is 3.84. The summed E-state index contributed by atoms with van der Waals surface area (Å²) in [5, 5.41) is 2.79. The molecule has 0 atom stereocenters. The van der Waals surface area contributed by atoms with E-state index in [1.165, 1.54) is 42.9 Å². The van der Waals surface area contributed by atoms with E-state index in [4.69, 9.17) is 23.2 Å². The van der Waals surface area contributed by atoms with Gasteiger partial charge in [-0.3, -0.25) is 14.5 Å². The SMILES string of the molecule is O=C(Nc1ccc(Cl)c(S(=O)(=O)Nc2ccccc2Cl)c1)c1cnccn1. The molecule has 1 heterocycles. The number of rotatable bonds is 5. The molecule has 27 heavy (non-hydrogen) atoms. The molecule has 0 fully saturated rings. The Balaban J connectivity index is 1.89. The van der Waals surface area contributed by atoms with Crippen molar-refractivity contribution in [2.45, 2.75) is 4.90 Å². The Hall–Kier alpha value is -2.68. The molecule has 3 aromatic rings. The van der Waals surface area contributed by atoms with Gasteiger partial charge in [-0.25, -0.2) is 13.4 Å². The van der Waals surface area contributed by atoms with Crippen molar-refractivity contribution in [1.82, 2.24) is 9.97 Å². The number of aromatic nitrogens is 2. The number of nitrogens with one attached hydrogen (secondary N) is 2. The lowest BCUT2D eigenvalue weighted by atomic mass is 10.3. The monoisotopic (exact) mass is 422 g/mol. The Morgan fingerprint density at radius 2 is 1.78 bits per heavy atom. The molecule has 2 N–H and O–H groups in total. The zero-order valence-electron chi connectivity index (χ0n) is 13.6. The van der Waals surface area contributed by atoms with Crippen molar-refractivity contribution >= 4 is 50.5 Å². The highest BCUT2D eigenvalue weighted by Gasteiger charge is 2.20. The minimum Gasteiger partial charge on any atom is -0.321 e. The lowest BCUT2D eigenvalue weighted by molar-refractivity contribution is 0.102. The van der Waals surface area contributed by atoms with Gasteiger partial charge in [-0.05, 0) is 30.3 Å². The maximum Gasteiger partial charge on any atom is 0.275 e. The number of carbonyl (C=O) groups is 1. The van der Waals surface area contributed by atoms with E-state index < -0.39 is 15.9 Å². The number of anilines is 2. The molecule has 0 bridgehead atoms. The normalized spacial score (nSPS) is 11.0. The number of para-hydroxylation sites is 1. The minimum absolute atomic E-state index is 0.00736. The fourth-order valence-corrected chi connectivity index (χ4v) is 3.99. The molecule has 1 aromatic heterocycles. The Kier molecular flexibility index (Phi) is 5.59. The van der Waals surface area contributed by atoms with Crippen molar-refractivity contribution in [3.05, 3.63) is 76.8 Å². The zero-order valence-corrected chi connectivity index (χ0v) is 15.9. The molecular formula is C17H12Cl2N4O3S. The number of sulfonamides is 1. The van der Waals surface area contributed by atoms with Gasteiger partial charge in [-0.15, -0.1) is 0 Å². The number of carbonyl (C=O) groups excluding carboxylic acids is 1. The molecule has 7 nitrogen and oxygen atoms in total. The second-order valence-electron chi connectivity index (χ2n) is 5.28. The highest BCUT2D eigenvalue weighted by atomic mass is 35.5. The van der Waals surface area contributed by atoms with E-state index in [1.54, 1.807) is 18.2 Å². The zero-order chi connectivity index (χ0) is 19.4. The Labute approximate surface area is 165 Å². The average Bonchev–Trinajstić information content (AvgIpc) is 2.65. The third kappa shape index (κ3) is 4.54. The summed E-state index contributed by atoms with van der Waals surface area (Å²) < 4.78 is 27.8. The van der Waals surface area contributed by atoms with Crippen molar-refractivity contribution in [2.24, 2.45) is 0 Å². The molecule has 0 aliphatic rings. The van der Waals surface area contributed by atoms with Crippen LogP contribution >= 0.6 is 23.2 Å². The largest absolute Gasteiger partial charge is 0.321 e. The van der Waals surface area contributed by atoms with Gasteiger partial charge in [-0.1, -0.05) is 35.3 Å². The van der Waals surface area contributed by atoms with E-state index in [0.717, 1.165) is 0 Å². The molecule has 0 aliphatic heterocycles. The Morgan fingerprint density at radius 3 is 2.48 bits per heavy atom. The molecule has 0 aliphatic carbocycles.